The number of nitrogens with zero attached hydrogens (tertiary/aromatic N) is 1. The third-order valence-electron chi connectivity index (χ3n) is 3.59. The molecule has 3 nitrogen and oxygen atoms in total. The van der Waals surface area contributed by atoms with Crippen LogP contribution in [0.15, 0.2) is 22.7 Å². The van der Waals surface area contributed by atoms with Crippen molar-refractivity contribution < 1.29 is 9.59 Å². The monoisotopic (exact) mass is 323 g/mol. The number of ketones is 1. The van der Waals surface area contributed by atoms with Crippen LogP contribution in [0.25, 0.3) is 0 Å². The van der Waals surface area contributed by atoms with E-state index in [-0.39, 0.29) is 17.7 Å². The molecular weight excluding hydrogens is 306 g/mol. The van der Waals surface area contributed by atoms with Crippen molar-refractivity contribution in [1.82, 2.24) is 4.90 Å². The average molecular weight is 324 g/mol. The fraction of sp³-hybridized carbons (Fsp3) is 0.467. The highest BCUT2D eigenvalue weighted by molar-refractivity contribution is 9.10. The first kappa shape index (κ1) is 14.3. The Kier molecular flexibility index (Phi) is 4.40. The van der Waals surface area contributed by atoms with Gasteiger partial charge in [0.25, 0.3) is 5.91 Å². The Morgan fingerprint density at radius 2 is 2.16 bits per heavy atom. The molecule has 1 fully saturated rings. The second kappa shape index (κ2) is 5.87. The van der Waals surface area contributed by atoms with Gasteiger partial charge in [0.1, 0.15) is 5.78 Å². The Balaban J connectivity index is 2.23. The van der Waals surface area contributed by atoms with Crippen LogP contribution in [-0.4, -0.2) is 29.2 Å². The molecule has 2 rings (SSSR count). The van der Waals surface area contributed by atoms with E-state index in [4.69, 9.17) is 0 Å². The van der Waals surface area contributed by atoms with Crippen LogP contribution in [0.1, 0.15) is 42.1 Å². The van der Waals surface area contributed by atoms with Gasteiger partial charge in [-0.15, -0.1) is 0 Å². The summed E-state index contributed by atoms with van der Waals surface area (Å²) in [4.78, 5) is 25.7. The van der Waals surface area contributed by atoms with Crippen LogP contribution in [0.3, 0.4) is 0 Å². The van der Waals surface area contributed by atoms with Crippen LogP contribution in [0, 0.1) is 6.92 Å². The maximum absolute atomic E-state index is 12.6. The van der Waals surface area contributed by atoms with Gasteiger partial charge in [-0.1, -0.05) is 22.0 Å². The SMILES string of the molecule is CC(=O)CC1CCCN1C(=O)c1cc(Br)ccc1C. The maximum Gasteiger partial charge on any atom is 0.254 e. The van der Waals surface area contributed by atoms with Gasteiger partial charge in [0.15, 0.2) is 0 Å². The number of carbonyl (C=O) groups is 2. The molecule has 1 aromatic carbocycles. The molecule has 0 saturated carbocycles. The molecule has 1 aliphatic rings. The standard InChI is InChI=1S/C15H18BrNO2/c1-10-5-6-12(16)9-14(10)15(19)17-7-3-4-13(17)8-11(2)18/h5-6,9,13H,3-4,7-8H2,1-2H3. The summed E-state index contributed by atoms with van der Waals surface area (Å²) in [5.74, 6) is 0.193. The molecule has 102 valence electrons. The minimum absolute atomic E-state index is 0.0440. The van der Waals surface area contributed by atoms with Gasteiger partial charge >= 0.3 is 0 Å². The molecule has 0 radical (unpaired) electrons. The van der Waals surface area contributed by atoms with E-state index in [1.54, 1.807) is 6.92 Å². The summed E-state index contributed by atoms with van der Waals surface area (Å²) in [5, 5.41) is 0. The van der Waals surface area contributed by atoms with E-state index in [0.717, 1.165) is 35.0 Å². The second-order valence-corrected chi connectivity index (χ2v) is 6.08. The number of hydrogen-bond donors (Lipinski definition) is 0. The summed E-state index contributed by atoms with van der Waals surface area (Å²) in [7, 11) is 0. The predicted octanol–water partition coefficient (Wildman–Crippen LogP) is 3.34. The lowest BCUT2D eigenvalue weighted by atomic mass is 10.1. The number of benzene rings is 1. The van der Waals surface area contributed by atoms with Crippen molar-refractivity contribution in [2.24, 2.45) is 0 Å². The van der Waals surface area contributed by atoms with Crippen molar-refractivity contribution in [1.29, 1.82) is 0 Å². The summed E-state index contributed by atoms with van der Waals surface area (Å²) in [6.45, 7) is 4.28. The van der Waals surface area contributed by atoms with Crippen LogP contribution in [-0.2, 0) is 4.79 Å². The van der Waals surface area contributed by atoms with E-state index < -0.39 is 0 Å². The van der Waals surface area contributed by atoms with Crippen molar-refractivity contribution in [2.75, 3.05) is 6.54 Å². The third-order valence-corrected chi connectivity index (χ3v) is 4.08. The van der Waals surface area contributed by atoms with E-state index in [1.807, 2.05) is 30.0 Å². The number of carbonyl (C=O) groups excluding carboxylic acids is 2. The zero-order chi connectivity index (χ0) is 14.0. The molecule has 0 aromatic heterocycles. The van der Waals surface area contributed by atoms with Crippen LogP contribution in [0.2, 0.25) is 0 Å². The number of Topliss-reactive ketones (excluding diaryl/α,β-unsaturated/α-hetero) is 1. The molecule has 1 saturated heterocycles. The van der Waals surface area contributed by atoms with E-state index in [1.165, 1.54) is 0 Å². The molecule has 1 unspecified atom stereocenters. The fourth-order valence-electron chi connectivity index (χ4n) is 2.63. The van der Waals surface area contributed by atoms with Crippen LogP contribution >= 0.6 is 15.9 Å². The Morgan fingerprint density at radius 3 is 2.84 bits per heavy atom. The Bertz CT molecular complexity index is 513. The molecule has 0 N–H and O–H groups in total. The molecule has 0 spiro atoms. The molecule has 1 aliphatic heterocycles. The van der Waals surface area contributed by atoms with Crippen molar-refractivity contribution in [3.8, 4) is 0 Å². The van der Waals surface area contributed by atoms with E-state index in [9.17, 15) is 9.59 Å². The zero-order valence-corrected chi connectivity index (χ0v) is 12.9. The van der Waals surface area contributed by atoms with Gasteiger partial charge in [-0.3, -0.25) is 9.59 Å². The Morgan fingerprint density at radius 1 is 1.42 bits per heavy atom. The Hall–Kier alpha value is -1.16. The molecule has 1 heterocycles. The van der Waals surface area contributed by atoms with Gasteiger partial charge < -0.3 is 4.90 Å². The quantitative estimate of drug-likeness (QED) is 0.855. The third kappa shape index (κ3) is 3.24. The molecular formula is C15H18BrNO2. The lowest BCUT2D eigenvalue weighted by molar-refractivity contribution is -0.117. The van der Waals surface area contributed by atoms with Crippen LogP contribution < -0.4 is 0 Å². The predicted molar refractivity (Wildman–Crippen MR) is 78.2 cm³/mol. The van der Waals surface area contributed by atoms with Gasteiger partial charge in [-0.05, 0) is 44.4 Å². The fourth-order valence-corrected chi connectivity index (χ4v) is 2.99. The average Bonchev–Trinajstić information content (AvgIpc) is 2.78. The highest BCUT2D eigenvalue weighted by Gasteiger charge is 2.30. The molecule has 1 atom stereocenters. The van der Waals surface area contributed by atoms with E-state index >= 15 is 0 Å². The van der Waals surface area contributed by atoms with Crippen LogP contribution in [0.4, 0.5) is 0 Å². The molecule has 1 amide bonds. The van der Waals surface area contributed by atoms with Crippen LogP contribution in [0.5, 0.6) is 0 Å². The summed E-state index contributed by atoms with van der Waals surface area (Å²) < 4.78 is 0.906. The zero-order valence-electron chi connectivity index (χ0n) is 11.3. The summed E-state index contributed by atoms with van der Waals surface area (Å²) in [6.07, 6.45) is 2.38. The highest BCUT2D eigenvalue weighted by Crippen LogP contribution is 2.25. The maximum atomic E-state index is 12.6. The van der Waals surface area contributed by atoms with E-state index in [2.05, 4.69) is 15.9 Å². The number of hydrogen-bond acceptors (Lipinski definition) is 2. The van der Waals surface area contributed by atoms with Gasteiger partial charge in [-0.25, -0.2) is 0 Å². The minimum atomic E-state index is 0.0440. The summed E-state index contributed by atoms with van der Waals surface area (Å²) >= 11 is 3.40. The number of likely N-dealkylation sites (tertiary alicyclic amines) is 1. The molecule has 1 aromatic rings. The first-order valence-corrected chi connectivity index (χ1v) is 7.35. The topological polar surface area (TPSA) is 37.4 Å². The second-order valence-electron chi connectivity index (χ2n) is 5.16. The first-order valence-electron chi connectivity index (χ1n) is 6.55. The van der Waals surface area contributed by atoms with E-state index in [0.29, 0.717) is 6.42 Å². The van der Waals surface area contributed by atoms with Gasteiger partial charge in [0.2, 0.25) is 0 Å². The van der Waals surface area contributed by atoms with Gasteiger partial charge in [0, 0.05) is 29.0 Å². The summed E-state index contributed by atoms with van der Waals surface area (Å²) in [5.41, 5.74) is 1.70. The normalized spacial score (nSPS) is 18.7. The lowest BCUT2D eigenvalue weighted by Crippen LogP contribution is -2.36. The largest absolute Gasteiger partial charge is 0.335 e. The smallest absolute Gasteiger partial charge is 0.254 e. The number of rotatable bonds is 3. The van der Waals surface area contributed by atoms with Crippen molar-refractivity contribution in [3.63, 3.8) is 0 Å². The molecule has 0 bridgehead atoms. The highest BCUT2D eigenvalue weighted by atomic mass is 79.9. The number of halogens is 1. The van der Waals surface area contributed by atoms with Crippen molar-refractivity contribution in [2.45, 2.75) is 39.2 Å². The minimum Gasteiger partial charge on any atom is -0.335 e. The number of aryl methyl sites for hydroxylation is 1. The lowest BCUT2D eigenvalue weighted by Gasteiger charge is -2.24. The number of amides is 1. The molecule has 19 heavy (non-hydrogen) atoms. The first-order chi connectivity index (χ1) is 8.99. The molecule has 4 heteroatoms. The van der Waals surface area contributed by atoms with Gasteiger partial charge in [0.05, 0.1) is 0 Å². The van der Waals surface area contributed by atoms with Gasteiger partial charge in [-0.2, -0.15) is 0 Å². The summed E-state index contributed by atoms with van der Waals surface area (Å²) in [6, 6.07) is 5.81. The molecule has 0 aliphatic carbocycles. The van der Waals surface area contributed by atoms with Crippen molar-refractivity contribution in [3.05, 3.63) is 33.8 Å². The Labute approximate surface area is 122 Å². The van der Waals surface area contributed by atoms with Crippen molar-refractivity contribution >= 4 is 27.6 Å².